The minimum absolute atomic E-state index is 0.160. The van der Waals surface area contributed by atoms with Crippen molar-refractivity contribution in [2.45, 2.75) is 26.1 Å². The van der Waals surface area contributed by atoms with E-state index in [1.807, 2.05) is 13.8 Å². The molecule has 1 aromatic heterocycles. The van der Waals surface area contributed by atoms with E-state index in [1.54, 1.807) is 0 Å². The van der Waals surface area contributed by atoms with Crippen molar-refractivity contribution in [3.63, 3.8) is 0 Å². The normalized spacial score (nSPS) is 25.2. The molecule has 0 saturated carbocycles. The Bertz CT molecular complexity index is 525. The molecule has 8 heteroatoms. The van der Waals surface area contributed by atoms with Crippen molar-refractivity contribution in [3.8, 4) is 0 Å². The highest BCUT2D eigenvalue weighted by Gasteiger charge is 2.30. The van der Waals surface area contributed by atoms with Gasteiger partial charge in [-0.15, -0.1) is 0 Å². The van der Waals surface area contributed by atoms with E-state index in [-0.39, 0.29) is 31.0 Å². The van der Waals surface area contributed by atoms with Crippen LogP contribution in [0.3, 0.4) is 0 Å². The van der Waals surface area contributed by atoms with Crippen LogP contribution in [0.5, 0.6) is 0 Å². The summed E-state index contributed by atoms with van der Waals surface area (Å²) >= 11 is 0. The van der Waals surface area contributed by atoms with Crippen LogP contribution >= 0.6 is 0 Å². The van der Waals surface area contributed by atoms with Gasteiger partial charge in [-0.05, 0) is 26.0 Å². The summed E-state index contributed by atoms with van der Waals surface area (Å²) in [5.41, 5.74) is 0.230. The maximum absolute atomic E-state index is 12.7. The van der Waals surface area contributed by atoms with Gasteiger partial charge in [-0.1, -0.05) is 0 Å². The van der Waals surface area contributed by atoms with Crippen LogP contribution in [0, 0.1) is 5.95 Å². The molecule has 2 unspecified atom stereocenters. The number of aromatic nitrogens is 1. The average molecular weight is 289 g/mol. The van der Waals surface area contributed by atoms with E-state index < -0.39 is 16.2 Å². The molecule has 0 bridgehead atoms. The Morgan fingerprint density at radius 3 is 2.53 bits per heavy atom. The first-order chi connectivity index (χ1) is 8.87. The summed E-state index contributed by atoms with van der Waals surface area (Å²) < 4.78 is 46.2. The first-order valence-corrected chi connectivity index (χ1v) is 7.36. The molecule has 1 saturated heterocycles. The number of anilines is 1. The largest absolute Gasteiger partial charge is 0.373 e. The number of nitrogens with one attached hydrogen (secondary N) is 1. The summed E-state index contributed by atoms with van der Waals surface area (Å²) in [5.74, 6) is -0.656. The van der Waals surface area contributed by atoms with Gasteiger partial charge in [0.25, 0.3) is 0 Å². The van der Waals surface area contributed by atoms with E-state index in [2.05, 4.69) is 9.71 Å². The minimum Gasteiger partial charge on any atom is -0.373 e. The molecule has 1 aromatic rings. The van der Waals surface area contributed by atoms with Gasteiger partial charge in [0.05, 0.1) is 24.1 Å². The number of hydrogen-bond donors (Lipinski definition) is 1. The summed E-state index contributed by atoms with van der Waals surface area (Å²) in [7, 11) is -3.67. The lowest BCUT2D eigenvalue weighted by molar-refractivity contribution is -0.0439. The second kappa shape index (κ2) is 5.40. The molecule has 19 heavy (non-hydrogen) atoms. The molecule has 2 atom stereocenters. The third kappa shape index (κ3) is 3.62. The van der Waals surface area contributed by atoms with E-state index >= 15 is 0 Å². The lowest BCUT2D eigenvalue weighted by atomic mass is 10.3. The predicted octanol–water partition coefficient (Wildman–Crippen LogP) is 0.987. The van der Waals surface area contributed by atoms with Crippen LogP contribution in [-0.2, 0) is 14.9 Å². The summed E-state index contributed by atoms with van der Waals surface area (Å²) in [6, 6.07) is 2.43. The van der Waals surface area contributed by atoms with Crippen LogP contribution in [0.1, 0.15) is 13.8 Å². The topological polar surface area (TPSA) is 71.5 Å². The van der Waals surface area contributed by atoms with Crippen molar-refractivity contribution >= 4 is 15.9 Å². The summed E-state index contributed by atoms with van der Waals surface area (Å²) in [6.45, 7) is 4.21. The van der Waals surface area contributed by atoms with Crippen LogP contribution in [0.2, 0.25) is 0 Å². The molecular weight excluding hydrogens is 273 g/mol. The van der Waals surface area contributed by atoms with Gasteiger partial charge < -0.3 is 4.74 Å². The van der Waals surface area contributed by atoms with Gasteiger partial charge in [0.2, 0.25) is 5.95 Å². The van der Waals surface area contributed by atoms with Gasteiger partial charge in [0, 0.05) is 13.1 Å². The maximum atomic E-state index is 12.7. The standard InChI is InChI=1S/C11H16FN3O3S/c1-8-6-15(7-9(2)18-8)19(16,17)14-10-3-4-11(12)13-5-10/h3-5,8-9,14H,6-7H2,1-2H3. The van der Waals surface area contributed by atoms with Gasteiger partial charge >= 0.3 is 10.2 Å². The highest BCUT2D eigenvalue weighted by Crippen LogP contribution is 2.17. The van der Waals surface area contributed by atoms with E-state index in [0.29, 0.717) is 0 Å². The summed E-state index contributed by atoms with van der Waals surface area (Å²) in [6.07, 6.45) is 0.818. The molecule has 2 rings (SSSR count). The second-order valence-electron chi connectivity index (χ2n) is 4.55. The third-order valence-electron chi connectivity index (χ3n) is 2.70. The van der Waals surface area contributed by atoms with E-state index in [1.165, 1.54) is 10.4 Å². The van der Waals surface area contributed by atoms with Crippen LogP contribution in [-0.4, -0.2) is 43.0 Å². The SMILES string of the molecule is CC1CN(S(=O)(=O)Nc2ccc(F)nc2)CC(C)O1. The van der Waals surface area contributed by atoms with Gasteiger partial charge in [0.15, 0.2) is 0 Å². The number of rotatable bonds is 3. The monoisotopic (exact) mass is 289 g/mol. The lowest BCUT2D eigenvalue weighted by Gasteiger charge is -2.34. The zero-order valence-electron chi connectivity index (χ0n) is 10.7. The molecule has 0 radical (unpaired) electrons. The maximum Gasteiger partial charge on any atom is 0.301 e. The summed E-state index contributed by atoms with van der Waals surface area (Å²) in [5, 5.41) is 0. The van der Waals surface area contributed by atoms with Crippen LogP contribution in [0.25, 0.3) is 0 Å². The molecule has 1 aliphatic rings. The molecule has 1 aliphatic heterocycles. The van der Waals surface area contributed by atoms with Gasteiger partial charge in [-0.3, -0.25) is 4.72 Å². The Labute approximate surface area is 111 Å². The first kappa shape index (κ1) is 14.2. The zero-order chi connectivity index (χ0) is 14.0. The second-order valence-corrected chi connectivity index (χ2v) is 6.22. The lowest BCUT2D eigenvalue weighted by Crippen LogP contribution is -2.49. The third-order valence-corrected chi connectivity index (χ3v) is 4.17. The van der Waals surface area contributed by atoms with Crippen molar-refractivity contribution < 1.29 is 17.5 Å². The van der Waals surface area contributed by atoms with E-state index in [4.69, 9.17) is 4.74 Å². The highest BCUT2D eigenvalue weighted by molar-refractivity contribution is 7.90. The number of hydrogen-bond acceptors (Lipinski definition) is 4. The number of ether oxygens (including phenoxy) is 1. The minimum atomic E-state index is -3.67. The fourth-order valence-electron chi connectivity index (χ4n) is 1.98. The van der Waals surface area contributed by atoms with Crippen LogP contribution < -0.4 is 4.72 Å². The van der Waals surface area contributed by atoms with Gasteiger partial charge in [-0.2, -0.15) is 17.1 Å². The fraction of sp³-hybridized carbons (Fsp3) is 0.545. The number of morpholine rings is 1. The van der Waals surface area contributed by atoms with Crippen LogP contribution in [0.4, 0.5) is 10.1 Å². The van der Waals surface area contributed by atoms with Gasteiger partial charge in [-0.25, -0.2) is 4.98 Å². The molecular formula is C11H16FN3O3S. The van der Waals surface area contributed by atoms with E-state index in [9.17, 15) is 12.8 Å². The Kier molecular flexibility index (Phi) is 4.02. The van der Waals surface area contributed by atoms with Crippen molar-refractivity contribution in [2.75, 3.05) is 17.8 Å². The fourth-order valence-corrected chi connectivity index (χ4v) is 3.34. The molecule has 1 N–H and O–H groups in total. The molecule has 1 fully saturated rings. The Balaban J connectivity index is 2.11. The highest BCUT2D eigenvalue weighted by atomic mass is 32.2. The van der Waals surface area contributed by atoms with E-state index in [0.717, 1.165) is 12.3 Å². The number of halogens is 1. The van der Waals surface area contributed by atoms with Crippen LogP contribution in [0.15, 0.2) is 18.3 Å². The van der Waals surface area contributed by atoms with Crippen molar-refractivity contribution in [1.29, 1.82) is 0 Å². The quantitative estimate of drug-likeness (QED) is 0.842. The summed E-state index contributed by atoms with van der Waals surface area (Å²) in [4.78, 5) is 3.40. The number of pyridine rings is 1. The molecule has 0 amide bonds. The Morgan fingerprint density at radius 2 is 2.00 bits per heavy atom. The van der Waals surface area contributed by atoms with Crippen molar-refractivity contribution in [2.24, 2.45) is 0 Å². The average Bonchev–Trinajstić information content (AvgIpc) is 2.31. The molecule has 0 aliphatic carbocycles. The predicted molar refractivity (Wildman–Crippen MR) is 68.3 cm³/mol. The van der Waals surface area contributed by atoms with Gasteiger partial charge in [0.1, 0.15) is 0 Å². The Morgan fingerprint density at radius 1 is 1.37 bits per heavy atom. The molecule has 6 nitrogen and oxygen atoms in total. The Hall–Kier alpha value is -1.25. The van der Waals surface area contributed by atoms with Crippen molar-refractivity contribution in [1.82, 2.24) is 9.29 Å². The molecule has 0 spiro atoms. The molecule has 2 heterocycles. The number of nitrogens with zero attached hydrogens (tertiary/aromatic N) is 2. The molecule has 106 valence electrons. The molecule has 0 aromatic carbocycles. The smallest absolute Gasteiger partial charge is 0.301 e. The zero-order valence-corrected chi connectivity index (χ0v) is 11.5. The van der Waals surface area contributed by atoms with Crippen molar-refractivity contribution in [3.05, 3.63) is 24.3 Å². The first-order valence-electron chi connectivity index (χ1n) is 5.92.